The zero-order valence-corrected chi connectivity index (χ0v) is 16.7. The van der Waals surface area contributed by atoms with Crippen molar-refractivity contribution < 1.29 is 14.9 Å². The first-order valence-corrected chi connectivity index (χ1v) is 10.8. The van der Waals surface area contributed by atoms with Crippen LogP contribution in [0.4, 0.5) is 0 Å². The van der Waals surface area contributed by atoms with Crippen LogP contribution in [-0.4, -0.2) is 35.6 Å². The fourth-order valence-electron chi connectivity index (χ4n) is 6.77. The van der Waals surface area contributed by atoms with Crippen molar-refractivity contribution in [2.24, 2.45) is 29.1 Å². The van der Waals surface area contributed by atoms with Gasteiger partial charge in [-0.2, -0.15) is 0 Å². The van der Waals surface area contributed by atoms with Crippen LogP contribution >= 0.6 is 0 Å². The molecule has 3 fully saturated rings. The molecular formula is C22H40O3. The second kappa shape index (κ2) is 7.86. The van der Waals surface area contributed by atoms with Crippen LogP contribution in [0.15, 0.2) is 0 Å². The van der Waals surface area contributed by atoms with Crippen LogP contribution in [0.5, 0.6) is 0 Å². The molecule has 0 spiro atoms. The first-order valence-electron chi connectivity index (χ1n) is 10.8. The maximum absolute atomic E-state index is 11.1. The Hall–Kier alpha value is -0.120. The van der Waals surface area contributed by atoms with E-state index in [1.807, 2.05) is 0 Å². The summed E-state index contributed by atoms with van der Waals surface area (Å²) in [5, 5.41) is 21.5. The molecule has 3 saturated carbocycles. The molecule has 3 rings (SSSR count). The number of aliphatic hydroxyl groups excluding tert-OH is 1. The van der Waals surface area contributed by atoms with Gasteiger partial charge < -0.3 is 14.9 Å². The summed E-state index contributed by atoms with van der Waals surface area (Å²) in [6.45, 7) is 5.01. The van der Waals surface area contributed by atoms with Gasteiger partial charge in [-0.05, 0) is 80.5 Å². The number of hydrogen-bond acceptors (Lipinski definition) is 3. The Morgan fingerprint density at radius 1 is 1.16 bits per heavy atom. The molecular weight excluding hydrogens is 312 g/mol. The molecule has 0 aromatic heterocycles. The highest BCUT2D eigenvalue weighted by atomic mass is 16.5. The molecule has 0 saturated heterocycles. The fourth-order valence-corrected chi connectivity index (χ4v) is 6.77. The van der Waals surface area contributed by atoms with E-state index in [2.05, 4.69) is 13.8 Å². The van der Waals surface area contributed by atoms with Gasteiger partial charge in [0.15, 0.2) is 0 Å². The lowest BCUT2D eigenvalue weighted by Gasteiger charge is -2.51. The average molecular weight is 353 g/mol. The van der Waals surface area contributed by atoms with Crippen molar-refractivity contribution in [3.05, 3.63) is 0 Å². The van der Waals surface area contributed by atoms with E-state index < -0.39 is 5.60 Å². The highest BCUT2D eigenvalue weighted by Crippen LogP contribution is 2.60. The molecule has 0 heterocycles. The molecule has 146 valence electrons. The van der Waals surface area contributed by atoms with Crippen LogP contribution in [0.2, 0.25) is 0 Å². The number of hydrogen-bond donors (Lipinski definition) is 2. The van der Waals surface area contributed by atoms with Crippen LogP contribution in [0.25, 0.3) is 0 Å². The zero-order chi connectivity index (χ0) is 18.1. The van der Waals surface area contributed by atoms with Crippen molar-refractivity contribution in [1.82, 2.24) is 0 Å². The number of rotatable bonds is 7. The first-order chi connectivity index (χ1) is 11.9. The van der Waals surface area contributed by atoms with Gasteiger partial charge in [0.1, 0.15) is 0 Å². The molecule has 0 bridgehead atoms. The Bertz CT molecular complexity index is 439. The summed E-state index contributed by atoms with van der Waals surface area (Å²) in [5.41, 5.74) is -0.444. The lowest BCUT2D eigenvalue weighted by molar-refractivity contribution is -0.0790. The predicted molar refractivity (Wildman–Crippen MR) is 101 cm³/mol. The summed E-state index contributed by atoms with van der Waals surface area (Å²) in [6, 6.07) is 0. The Morgan fingerprint density at radius 3 is 2.68 bits per heavy atom. The van der Waals surface area contributed by atoms with Crippen LogP contribution in [0.1, 0.15) is 84.5 Å². The van der Waals surface area contributed by atoms with E-state index in [-0.39, 0.29) is 11.5 Å². The summed E-state index contributed by atoms with van der Waals surface area (Å²) in [6.07, 6.45) is 12.5. The van der Waals surface area contributed by atoms with E-state index in [0.717, 1.165) is 49.9 Å². The number of aliphatic hydroxyl groups is 2. The smallest absolute Gasteiger partial charge is 0.0882 e. The molecule has 0 radical (unpaired) electrons. The number of methoxy groups -OCH3 is 1. The van der Waals surface area contributed by atoms with E-state index in [4.69, 9.17) is 4.74 Å². The Balaban J connectivity index is 1.60. The summed E-state index contributed by atoms with van der Waals surface area (Å²) < 4.78 is 5.36. The third kappa shape index (κ3) is 3.94. The molecule has 0 aromatic rings. The van der Waals surface area contributed by atoms with E-state index >= 15 is 0 Å². The van der Waals surface area contributed by atoms with Crippen molar-refractivity contribution in [1.29, 1.82) is 0 Å². The molecule has 2 N–H and O–H groups in total. The molecule has 25 heavy (non-hydrogen) atoms. The quantitative estimate of drug-likeness (QED) is 0.707. The molecule has 7 atom stereocenters. The van der Waals surface area contributed by atoms with Gasteiger partial charge in [0.25, 0.3) is 0 Å². The van der Waals surface area contributed by atoms with E-state index in [0.29, 0.717) is 12.5 Å². The number of ether oxygens (including phenoxy) is 1. The zero-order valence-electron chi connectivity index (χ0n) is 16.7. The molecule has 0 aromatic carbocycles. The van der Waals surface area contributed by atoms with E-state index in [1.165, 1.54) is 38.5 Å². The average Bonchev–Trinajstić information content (AvgIpc) is 2.89. The minimum atomic E-state index is -0.630. The molecule has 3 heteroatoms. The molecule has 3 nitrogen and oxygen atoms in total. The van der Waals surface area contributed by atoms with Gasteiger partial charge in [-0.3, -0.25) is 0 Å². The third-order valence-corrected chi connectivity index (χ3v) is 8.16. The second-order valence-corrected chi connectivity index (χ2v) is 9.81. The van der Waals surface area contributed by atoms with Gasteiger partial charge in [0.2, 0.25) is 0 Å². The Morgan fingerprint density at radius 2 is 1.96 bits per heavy atom. The van der Waals surface area contributed by atoms with Gasteiger partial charge in [0, 0.05) is 7.11 Å². The van der Waals surface area contributed by atoms with Gasteiger partial charge in [-0.1, -0.05) is 33.1 Å². The maximum Gasteiger partial charge on any atom is 0.0882 e. The normalized spacial score (nSPS) is 43.3. The van der Waals surface area contributed by atoms with Crippen LogP contribution in [0.3, 0.4) is 0 Å². The van der Waals surface area contributed by atoms with Crippen LogP contribution in [0, 0.1) is 29.1 Å². The van der Waals surface area contributed by atoms with Crippen molar-refractivity contribution in [2.75, 3.05) is 13.7 Å². The fraction of sp³-hybridized carbons (Fsp3) is 1.00. The minimum Gasteiger partial charge on any atom is -0.393 e. The van der Waals surface area contributed by atoms with Gasteiger partial charge in [0.05, 0.1) is 18.3 Å². The summed E-state index contributed by atoms with van der Waals surface area (Å²) in [4.78, 5) is 0. The maximum atomic E-state index is 11.1. The molecule has 3 aliphatic carbocycles. The minimum absolute atomic E-state index is 0.0722. The van der Waals surface area contributed by atoms with Gasteiger partial charge in [-0.15, -0.1) is 0 Å². The SMILES string of the molecule is CCCC[C@](O)(COC)C[C@@H]1CC[C@@H]2[C@H](CC[C@]3(C)[C@@H](O)CC[C@@H]23)C1. The second-order valence-electron chi connectivity index (χ2n) is 9.81. The third-order valence-electron chi connectivity index (χ3n) is 8.16. The van der Waals surface area contributed by atoms with Gasteiger partial charge in [-0.25, -0.2) is 0 Å². The number of unbranched alkanes of at least 4 members (excludes halogenated alkanes) is 1. The van der Waals surface area contributed by atoms with Crippen molar-refractivity contribution >= 4 is 0 Å². The largest absolute Gasteiger partial charge is 0.393 e. The molecule has 0 aliphatic heterocycles. The summed E-state index contributed by atoms with van der Waals surface area (Å²) in [5.74, 6) is 3.02. The topological polar surface area (TPSA) is 49.7 Å². The first kappa shape index (κ1) is 19.6. The summed E-state index contributed by atoms with van der Waals surface area (Å²) in [7, 11) is 1.71. The monoisotopic (exact) mass is 352 g/mol. The molecule has 0 unspecified atom stereocenters. The lowest BCUT2D eigenvalue weighted by atomic mass is 9.54. The Kier molecular flexibility index (Phi) is 6.17. The number of fused-ring (bicyclic) bond motifs is 3. The van der Waals surface area contributed by atoms with Crippen LogP contribution in [-0.2, 0) is 4.74 Å². The van der Waals surface area contributed by atoms with Gasteiger partial charge >= 0.3 is 0 Å². The molecule has 0 amide bonds. The highest BCUT2D eigenvalue weighted by molar-refractivity contribution is 5.04. The highest BCUT2D eigenvalue weighted by Gasteiger charge is 2.54. The summed E-state index contributed by atoms with van der Waals surface area (Å²) >= 11 is 0. The van der Waals surface area contributed by atoms with Crippen molar-refractivity contribution in [3.8, 4) is 0 Å². The Labute approximate surface area is 154 Å². The van der Waals surface area contributed by atoms with E-state index in [1.54, 1.807) is 7.11 Å². The van der Waals surface area contributed by atoms with E-state index in [9.17, 15) is 10.2 Å². The van der Waals surface area contributed by atoms with Crippen LogP contribution < -0.4 is 0 Å². The van der Waals surface area contributed by atoms with Crippen molar-refractivity contribution in [3.63, 3.8) is 0 Å². The van der Waals surface area contributed by atoms with Crippen molar-refractivity contribution in [2.45, 2.75) is 96.2 Å². The standard InChI is InChI=1S/C22H40O3/c1-4-5-11-22(24,15-25-3)14-16-6-7-18-17(13-16)10-12-21(2)19(18)8-9-20(21)23/h16-20,23-24H,4-15H2,1-3H3/t16-,17-,18-,19+,20+,21+,22-/m1/s1. The molecule has 3 aliphatic rings. The lowest BCUT2D eigenvalue weighted by Crippen LogP contribution is -2.46. The predicted octanol–water partition coefficient (Wildman–Crippen LogP) is 4.55.